The second kappa shape index (κ2) is 6.45. The number of carbonyl (C=O) groups excluding carboxylic acids is 1. The van der Waals surface area contributed by atoms with Crippen LogP contribution in [0.4, 0.5) is 14.5 Å². The molecule has 2 aromatic carbocycles. The molecular weight excluding hydrogens is 274 g/mol. The highest BCUT2D eigenvalue weighted by molar-refractivity contribution is 5.95. The first-order valence-corrected chi connectivity index (χ1v) is 6.52. The summed E-state index contributed by atoms with van der Waals surface area (Å²) in [5.74, 6) is -2.27. The summed E-state index contributed by atoms with van der Waals surface area (Å²) >= 11 is 0. The van der Waals surface area contributed by atoms with E-state index in [1.807, 2.05) is 12.1 Å². The van der Waals surface area contributed by atoms with Gasteiger partial charge in [-0.15, -0.1) is 0 Å². The van der Waals surface area contributed by atoms with Crippen molar-refractivity contribution in [1.82, 2.24) is 0 Å². The quantitative estimate of drug-likeness (QED) is 0.941. The first-order chi connectivity index (χ1) is 10.0. The minimum absolute atomic E-state index is 0.0390. The van der Waals surface area contributed by atoms with Gasteiger partial charge in [-0.25, -0.2) is 8.78 Å². The number of halogens is 2. The summed E-state index contributed by atoms with van der Waals surface area (Å²) in [6.45, 7) is 0.294. The third kappa shape index (κ3) is 3.25. The van der Waals surface area contributed by atoms with Gasteiger partial charge in [-0.05, 0) is 17.7 Å². The highest BCUT2D eigenvalue weighted by Crippen LogP contribution is 2.20. The fourth-order valence-corrected chi connectivity index (χ4v) is 2.11. The van der Waals surface area contributed by atoms with Gasteiger partial charge in [-0.2, -0.15) is 0 Å². The van der Waals surface area contributed by atoms with Crippen LogP contribution in [0.3, 0.4) is 0 Å². The molecule has 0 fully saturated rings. The standard InChI is InChI=1S/C16H16F2N2O/c1-20(14-8-3-2-5-12(14)10-19)15(21)9-11-6-4-7-13(17)16(11)18/h2-8H,9-10,19H2,1H3. The van der Waals surface area contributed by atoms with Gasteiger partial charge in [0, 0.05) is 24.8 Å². The Hall–Kier alpha value is -2.27. The number of hydrogen-bond acceptors (Lipinski definition) is 2. The number of carbonyl (C=O) groups is 1. The van der Waals surface area contributed by atoms with Gasteiger partial charge in [-0.1, -0.05) is 30.3 Å². The zero-order chi connectivity index (χ0) is 15.4. The van der Waals surface area contributed by atoms with Gasteiger partial charge in [0.1, 0.15) is 0 Å². The molecule has 0 heterocycles. The zero-order valence-corrected chi connectivity index (χ0v) is 11.6. The van der Waals surface area contributed by atoms with Crippen molar-refractivity contribution in [3.8, 4) is 0 Å². The molecular formula is C16H16F2N2O. The lowest BCUT2D eigenvalue weighted by molar-refractivity contribution is -0.117. The number of anilines is 1. The molecule has 5 heteroatoms. The average Bonchev–Trinajstić information content (AvgIpc) is 2.51. The number of likely N-dealkylation sites (N-methyl/N-ethyl adjacent to an activating group) is 1. The predicted octanol–water partition coefficient (Wildman–Crippen LogP) is 2.63. The summed E-state index contributed by atoms with van der Waals surface area (Å²) < 4.78 is 26.8. The topological polar surface area (TPSA) is 46.3 Å². The fourth-order valence-electron chi connectivity index (χ4n) is 2.11. The SMILES string of the molecule is CN(C(=O)Cc1cccc(F)c1F)c1ccccc1CN. The van der Waals surface area contributed by atoms with Crippen LogP contribution in [0.2, 0.25) is 0 Å². The molecule has 0 spiro atoms. The van der Waals surface area contributed by atoms with Crippen molar-refractivity contribution in [2.24, 2.45) is 5.73 Å². The third-order valence-electron chi connectivity index (χ3n) is 3.32. The van der Waals surface area contributed by atoms with Crippen LogP contribution in [0.5, 0.6) is 0 Å². The van der Waals surface area contributed by atoms with E-state index in [1.165, 1.54) is 17.0 Å². The number of nitrogens with zero attached hydrogens (tertiary/aromatic N) is 1. The second-order valence-electron chi connectivity index (χ2n) is 4.68. The lowest BCUT2D eigenvalue weighted by atomic mass is 10.1. The predicted molar refractivity (Wildman–Crippen MR) is 77.8 cm³/mol. The molecule has 2 rings (SSSR count). The maximum absolute atomic E-state index is 13.6. The van der Waals surface area contributed by atoms with E-state index in [1.54, 1.807) is 19.2 Å². The molecule has 2 aromatic rings. The van der Waals surface area contributed by atoms with Crippen molar-refractivity contribution < 1.29 is 13.6 Å². The Bertz CT molecular complexity index is 658. The van der Waals surface area contributed by atoms with Crippen LogP contribution >= 0.6 is 0 Å². The number of nitrogens with two attached hydrogens (primary N) is 1. The number of amides is 1. The number of para-hydroxylation sites is 1. The van der Waals surface area contributed by atoms with Crippen molar-refractivity contribution in [1.29, 1.82) is 0 Å². The van der Waals surface area contributed by atoms with E-state index in [-0.39, 0.29) is 17.9 Å². The highest BCUT2D eigenvalue weighted by Gasteiger charge is 2.17. The molecule has 0 saturated carbocycles. The molecule has 1 amide bonds. The monoisotopic (exact) mass is 290 g/mol. The summed E-state index contributed by atoms with van der Waals surface area (Å²) in [6.07, 6.45) is -0.209. The smallest absolute Gasteiger partial charge is 0.231 e. The molecule has 0 radical (unpaired) electrons. The summed E-state index contributed by atoms with van der Waals surface area (Å²) in [5, 5.41) is 0. The van der Waals surface area contributed by atoms with E-state index in [0.29, 0.717) is 12.2 Å². The molecule has 0 aromatic heterocycles. The lowest BCUT2D eigenvalue weighted by Gasteiger charge is -2.20. The normalized spacial score (nSPS) is 10.5. The fraction of sp³-hybridized carbons (Fsp3) is 0.188. The minimum Gasteiger partial charge on any atom is -0.326 e. The van der Waals surface area contributed by atoms with E-state index >= 15 is 0 Å². The Morgan fingerprint density at radius 1 is 1.10 bits per heavy atom. The molecule has 0 atom stereocenters. The minimum atomic E-state index is -0.980. The Labute approximate surface area is 122 Å². The zero-order valence-electron chi connectivity index (χ0n) is 11.6. The molecule has 110 valence electrons. The van der Waals surface area contributed by atoms with Gasteiger partial charge in [-0.3, -0.25) is 4.79 Å². The first-order valence-electron chi connectivity index (χ1n) is 6.52. The number of hydrogen-bond donors (Lipinski definition) is 1. The first kappa shape index (κ1) is 15.1. The van der Waals surface area contributed by atoms with Gasteiger partial charge in [0.05, 0.1) is 6.42 Å². The van der Waals surface area contributed by atoms with E-state index < -0.39 is 11.6 Å². The highest BCUT2D eigenvalue weighted by atomic mass is 19.2. The van der Waals surface area contributed by atoms with E-state index in [2.05, 4.69) is 0 Å². The Balaban J connectivity index is 2.22. The van der Waals surface area contributed by atoms with Crippen molar-refractivity contribution in [2.75, 3.05) is 11.9 Å². The molecule has 0 aliphatic heterocycles. The molecule has 21 heavy (non-hydrogen) atoms. The van der Waals surface area contributed by atoms with Crippen LogP contribution in [0.1, 0.15) is 11.1 Å². The maximum atomic E-state index is 13.6. The summed E-state index contributed by atoms with van der Waals surface area (Å²) in [7, 11) is 1.59. The van der Waals surface area contributed by atoms with Crippen LogP contribution in [0.15, 0.2) is 42.5 Å². The lowest BCUT2D eigenvalue weighted by Crippen LogP contribution is -2.29. The number of rotatable bonds is 4. The Morgan fingerprint density at radius 2 is 1.76 bits per heavy atom. The van der Waals surface area contributed by atoms with Gasteiger partial charge in [0.25, 0.3) is 0 Å². The molecule has 2 N–H and O–H groups in total. The van der Waals surface area contributed by atoms with Crippen LogP contribution in [-0.4, -0.2) is 13.0 Å². The summed E-state index contributed by atoms with van der Waals surface area (Å²) in [4.78, 5) is 13.6. The third-order valence-corrected chi connectivity index (χ3v) is 3.32. The van der Waals surface area contributed by atoms with Crippen molar-refractivity contribution >= 4 is 11.6 Å². The molecule has 0 bridgehead atoms. The Morgan fingerprint density at radius 3 is 2.48 bits per heavy atom. The average molecular weight is 290 g/mol. The number of benzene rings is 2. The van der Waals surface area contributed by atoms with E-state index in [9.17, 15) is 13.6 Å². The van der Waals surface area contributed by atoms with Gasteiger partial charge in [0.2, 0.25) is 5.91 Å². The second-order valence-corrected chi connectivity index (χ2v) is 4.68. The van der Waals surface area contributed by atoms with E-state index in [4.69, 9.17) is 5.73 Å². The van der Waals surface area contributed by atoms with Gasteiger partial charge >= 0.3 is 0 Å². The van der Waals surface area contributed by atoms with E-state index in [0.717, 1.165) is 11.6 Å². The van der Waals surface area contributed by atoms with Gasteiger partial charge < -0.3 is 10.6 Å². The van der Waals surface area contributed by atoms with Crippen molar-refractivity contribution in [3.05, 3.63) is 65.2 Å². The molecule has 0 aliphatic rings. The maximum Gasteiger partial charge on any atom is 0.231 e. The molecule has 3 nitrogen and oxygen atoms in total. The molecule has 0 aliphatic carbocycles. The van der Waals surface area contributed by atoms with Crippen LogP contribution in [-0.2, 0) is 17.8 Å². The van der Waals surface area contributed by atoms with Crippen molar-refractivity contribution in [2.45, 2.75) is 13.0 Å². The van der Waals surface area contributed by atoms with Crippen LogP contribution in [0, 0.1) is 11.6 Å². The molecule has 0 unspecified atom stereocenters. The molecule has 0 saturated heterocycles. The van der Waals surface area contributed by atoms with Gasteiger partial charge in [0.15, 0.2) is 11.6 Å². The van der Waals surface area contributed by atoms with Crippen molar-refractivity contribution in [3.63, 3.8) is 0 Å². The van der Waals surface area contributed by atoms with Crippen LogP contribution < -0.4 is 10.6 Å². The Kier molecular flexibility index (Phi) is 4.65. The summed E-state index contributed by atoms with van der Waals surface area (Å²) in [6, 6.07) is 11.0. The summed E-state index contributed by atoms with van der Waals surface area (Å²) in [5.41, 5.74) is 7.16. The largest absolute Gasteiger partial charge is 0.326 e. The van der Waals surface area contributed by atoms with Crippen LogP contribution in [0.25, 0.3) is 0 Å².